The van der Waals surface area contributed by atoms with Gasteiger partial charge in [0.05, 0.1) is 13.7 Å². The van der Waals surface area contributed by atoms with Gasteiger partial charge in [0.2, 0.25) is 30.4 Å². The molecule has 2 aromatic rings. The Bertz CT molecular complexity index is 1380. The molecule has 1 saturated heterocycles. The highest BCUT2D eigenvalue weighted by molar-refractivity contribution is 5.94. The van der Waals surface area contributed by atoms with Crippen LogP contribution in [0, 0.1) is 11.8 Å². The molecule has 12 nitrogen and oxygen atoms in total. The number of ether oxygens (including phenoxy) is 3. The molecule has 0 bridgehead atoms. The molecule has 0 saturated carbocycles. The Morgan fingerprint density at radius 2 is 1.50 bits per heavy atom. The summed E-state index contributed by atoms with van der Waals surface area (Å²) >= 11 is 0. The molecular weight excluding hydrogens is 590 g/mol. The van der Waals surface area contributed by atoms with Crippen molar-refractivity contribution in [3.05, 3.63) is 53.6 Å². The predicted molar refractivity (Wildman–Crippen MR) is 172 cm³/mol. The summed E-state index contributed by atoms with van der Waals surface area (Å²) in [6.45, 7) is 10.4. The first-order valence-electron chi connectivity index (χ1n) is 15.9. The van der Waals surface area contributed by atoms with Crippen LogP contribution in [0.3, 0.4) is 0 Å². The second-order valence-corrected chi connectivity index (χ2v) is 12.8. The maximum Gasteiger partial charge on any atom is 0.243 e. The van der Waals surface area contributed by atoms with Crippen molar-refractivity contribution in [2.75, 3.05) is 27.0 Å². The van der Waals surface area contributed by atoms with Gasteiger partial charge in [0, 0.05) is 25.6 Å². The minimum atomic E-state index is -0.990. The highest BCUT2D eigenvalue weighted by Gasteiger charge is 2.32. The summed E-state index contributed by atoms with van der Waals surface area (Å²) in [5, 5.41) is 11.7. The molecule has 2 heterocycles. The first-order chi connectivity index (χ1) is 21.9. The van der Waals surface area contributed by atoms with Crippen LogP contribution in [0.1, 0.15) is 52.2 Å². The third-order valence-electron chi connectivity index (χ3n) is 8.14. The van der Waals surface area contributed by atoms with Crippen LogP contribution in [0.5, 0.6) is 17.2 Å². The smallest absolute Gasteiger partial charge is 0.243 e. The van der Waals surface area contributed by atoms with E-state index >= 15 is 0 Å². The molecule has 2 aromatic carbocycles. The Morgan fingerprint density at radius 3 is 2.17 bits per heavy atom. The van der Waals surface area contributed by atoms with Crippen LogP contribution in [0.4, 0.5) is 0 Å². The van der Waals surface area contributed by atoms with Crippen molar-refractivity contribution >= 4 is 23.6 Å². The predicted octanol–water partition coefficient (Wildman–Crippen LogP) is 2.14. The van der Waals surface area contributed by atoms with Crippen LogP contribution in [-0.4, -0.2) is 79.7 Å². The highest BCUT2D eigenvalue weighted by atomic mass is 16.7. The van der Waals surface area contributed by atoms with Crippen molar-refractivity contribution in [2.45, 2.75) is 78.2 Å². The van der Waals surface area contributed by atoms with Crippen LogP contribution in [-0.2, 0) is 32.1 Å². The van der Waals surface area contributed by atoms with E-state index in [4.69, 9.17) is 14.2 Å². The zero-order chi connectivity index (χ0) is 33.4. The lowest BCUT2D eigenvalue weighted by atomic mass is 10.0. The van der Waals surface area contributed by atoms with E-state index in [1.165, 1.54) is 0 Å². The van der Waals surface area contributed by atoms with Gasteiger partial charge >= 0.3 is 0 Å². The summed E-state index contributed by atoms with van der Waals surface area (Å²) in [6.07, 6.45) is 0.553. The van der Waals surface area contributed by atoms with Gasteiger partial charge in [-0.05, 0) is 60.6 Å². The van der Waals surface area contributed by atoms with Gasteiger partial charge in [-0.15, -0.1) is 0 Å². The minimum absolute atomic E-state index is 0.0164. The van der Waals surface area contributed by atoms with Gasteiger partial charge in [0.25, 0.3) is 0 Å². The quantitative estimate of drug-likeness (QED) is 0.345. The molecule has 4 rings (SSSR count). The van der Waals surface area contributed by atoms with Crippen molar-refractivity contribution in [1.29, 1.82) is 0 Å². The van der Waals surface area contributed by atoms with Crippen LogP contribution < -0.4 is 35.5 Å². The molecule has 0 spiro atoms. The number of hydrogen-bond acceptors (Lipinski definition) is 8. The SMILES string of the molecule is COc1ccc(C[C@@H]2NC(=O)[C@H](CC(C)C)NC(=O)CN(Cc3ccc4c(c3)OCO4)C[C@H](C(C)C)NC(=O)[C@@H](C)NC2=O)cc1. The summed E-state index contributed by atoms with van der Waals surface area (Å²) in [5.74, 6) is 0.402. The van der Waals surface area contributed by atoms with E-state index in [2.05, 4.69) is 21.3 Å². The average Bonchev–Trinajstić information content (AvgIpc) is 3.47. The number of nitrogens with zero attached hydrogens (tertiary/aromatic N) is 1. The lowest BCUT2D eigenvalue weighted by Gasteiger charge is -2.31. The fourth-order valence-electron chi connectivity index (χ4n) is 5.50. The van der Waals surface area contributed by atoms with Crippen molar-refractivity contribution in [1.82, 2.24) is 26.2 Å². The summed E-state index contributed by atoms with van der Waals surface area (Å²) in [6, 6.07) is 9.77. The summed E-state index contributed by atoms with van der Waals surface area (Å²) < 4.78 is 16.2. The fraction of sp³-hybridized carbons (Fsp3) is 0.529. The second kappa shape index (κ2) is 15.8. The molecule has 250 valence electrons. The summed E-state index contributed by atoms with van der Waals surface area (Å²) in [7, 11) is 1.57. The molecule has 0 aromatic heterocycles. The number of rotatable bonds is 8. The van der Waals surface area contributed by atoms with E-state index in [9.17, 15) is 19.2 Å². The van der Waals surface area contributed by atoms with E-state index < -0.39 is 29.9 Å². The molecule has 4 atom stereocenters. The standard InChI is InChI=1S/C34H47N5O7/c1-20(2)13-26-34(43)37-27(14-23-7-10-25(44-6)11-8-23)33(42)35-22(5)32(41)38-28(21(3)4)17-39(18-31(40)36-26)16-24-9-12-29-30(15-24)46-19-45-29/h7-12,15,20-22,26-28H,13-14,16-19H2,1-6H3,(H,35,42)(H,36,40)(H,37,43)(H,38,41)/t22-,26+,27+,28-/m1/s1. The molecule has 46 heavy (non-hydrogen) atoms. The number of amides is 4. The van der Waals surface area contributed by atoms with Crippen LogP contribution in [0.15, 0.2) is 42.5 Å². The Kier molecular flexibility index (Phi) is 11.9. The molecule has 12 heteroatoms. The lowest BCUT2D eigenvalue weighted by molar-refractivity contribution is -0.133. The van der Waals surface area contributed by atoms with E-state index in [-0.39, 0.29) is 49.5 Å². The second-order valence-electron chi connectivity index (χ2n) is 12.8. The van der Waals surface area contributed by atoms with Crippen LogP contribution in [0.2, 0.25) is 0 Å². The van der Waals surface area contributed by atoms with Gasteiger partial charge < -0.3 is 35.5 Å². The topological polar surface area (TPSA) is 147 Å². The Labute approximate surface area is 270 Å². The van der Waals surface area contributed by atoms with Crippen molar-refractivity contribution in [2.24, 2.45) is 11.8 Å². The van der Waals surface area contributed by atoms with Crippen molar-refractivity contribution in [3.8, 4) is 17.2 Å². The number of fused-ring (bicyclic) bond motifs is 1. The van der Waals surface area contributed by atoms with Crippen molar-refractivity contribution < 1.29 is 33.4 Å². The molecular formula is C34H47N5O7. The molecule has 0 aliphatic carbocycles. The molecule has 0 unspecified atom stereocenters. The summed E-state index contributed by atoms with van der Waals surface area (Å²) in [4.78, 5) is 56.2. The van der Waals surface area contributed by atoms with E-state index in [1.54, 1.807) is 26.2 Å². The first-order valence-corrected chi connectivity index (χ1v) is 15.9. The lowest BCUT2D eigenvalue weighted by Crippen LogP contribution is -2.57. The first kappa shape index (κ1) is 34.6. The maximum atomic E-state index is 13.7. The number of carbonyl (C=O) groups excluding carboxylic acids is 4. The Hall–Kier alpha value is -4.32. The Balaban J connectivity index is 1.63. The van der Waals surface area contributed by atoms with E-state index in [0.29, 0.717) is 36.8 Å². The van der Waals surface area contributed by atoms with Gasteiger partial charge in [-0.1, -0.05) is 45.9 Å². The number of nitrogens with one attached hydrogen (secondary N) is 4. The van der Waals surface area contributed by atoms with Crippen LogP contribution >= 0.6 is 0 Å². The molecule has 2 aliphatic heterocycles. The zero-order valence-electron chi connectivity index (χ0n) is 27.6. The highest BCUT2D eigenvalue weighted by Crippen LogP contribution is 2.33. The normalized spacial score (nSPS) is 23.2. The largest absolute Gasteiger partial charge is 0.497 e. The summed E-state index contributed by atoms with van der Waals surface area (Å²) in [5.41, 5.74) is 1.70. The van der Waals surface area contributed by atoms with E-state index in [0.717, 1.165) is 11.1 Å². The van der Waals surface area contributed by atoms with Gasteiger partial charge in [-0.2, -0.15) is 0 Å². The maximum absolute atomic E-state index is 13.7. The molecule has 1 fully saturated rings. The average molecular weight is 638 g/mol. The molecule has 0 radical (unpaired) electrons. The van der Waals surface area contributed by atoms with Gasteiger partial charge in [0.1, 0.15) is 23.9 Å². The van der Waals surface area contributed by atoms with E-state index in [1.807, 2.05) is 62.9 Å². The number of hydrogen-bond donors (Lipinski definition) is 4. The number of carbonyl (C=O) groups is 4. The molecule has 4 amide bonds. The van der Waals surface area contributed by atoms with Gasteiger partial charge in [0.15, 0.2) is 11.5 Å². The molecule has 4 N–H and O–H groups in total. The molecule has 2 aliphatic rings. The fourth-order valence-corrected chi connectivity index (χ4v) is 5.50. The third kappa shape index (κ3) is 9.59. The number of benzene rings is 2. The third-order valence-corrected chi connectivity index (χ3v) is 8.14. The monoisotopic (exact) mass is 637 g/mol. The van der Waals surface area contributed by atoms with Gasteiger partial charge in [-0.25, -0.2) is 0 Å². The zero-order valence-corrected chi connectivity index (χ0v) is 27.6. The van der Waals surface area contributed by atoms with Gasteiger partial charge in [-0.3, -0.25) is 24.1 Å². The minimum Gasteiger partial charge on any atom is -0.497 e. The van der Waals surface area contributed by atoms with Crippen molar-refractivity contribution in [3.63, 3.8) is 0 Å². The number of methoxy groups -OCH3 is 1. The van der Waals surface area contributed by atoms with Crippen LogP contribution in [0.25, 0.3) is 0 Å². The Morgan fingerprint density at radius 1 is 0.826 bits per heavy atom.